The van der Waals surface area contributed by atoms with Crippen LogP contribution < -0.4 is 0 Å². The first-order chi connectivity index (χ1) is 40.9. The van der Waals surface area contributed by atoms with Gasteiger partial charge in [-0.15, -0.1) is 0 Å². The fourth-order valence-electron chi connectivity index (χ4n) is 11.2. The van der Waals surface area contributed by atoms with E-state index in [0.717, 1.165) is 28.3 Å². The highest BCUT2D eigenvalue weighted by atomic mass is 19.4. The molecule has 0 unspecified atom stereocenters. The van der Waals surface area contributed by atoms with Crippen LogP contribution in [0.25, 0.3) is 134 Å². The average Bonchev–Trinajstić information content (AvgIpc) is 1.72. The Morgan fingerprint density at radius 2 is 0.607 bits per heavy atom. The zero-order valence-corrected chi connectivity index (χ0v) is 43.8. The maximum atomic E-state index is 15.4. The molecule has 14 rings (SSSR count). The van der Waals surface area contributed by atoms with Crippen LogP contribution in [0.4, 0.5) is 26.3 Å². The Kier molecular flexibility index (Phi) is 12.3. The zero-order chi connectivity index (χ0) is 57.3. The molecular weight excluding hydrogens is 1070 g/mol. The molecule has 0 bridgehead atoms. The third-order valence-electron chi connectivity index (χ3n) is 14.9. The number of hydrogen-bond donors (Lipinski definition) is 0. The number of rotatable bonds is 9. The molecule has 0 aliphatic rings. The van der Waals surface area contributed by atoms with Gasteiger partial charge in [-0.1, -0.05) is 164 Å². The standard InChI is InChI=1S/C69H39F6N9/c70-68(71,72)53-28-17-29-54(69(73,74)75)61(53)47-38-59(83-55-30-15-13-26-48(55)50-36-45(32-34-57(50)83)66-79-62(41-18-5-1-6-19-41)77-63(80-66)42-20-7-2-8-21-42)52(40-76)60(39-47)84-56-31-16-14-27-49(56)51-37-46(33-35-58(51)84)67-81-64(43-22-9-3-10-23-43)78-65(82-67)44-24-11-4-12-25-44/h1-39H. The maximum Gasteiger partial charge on any atom is 0.417 e. The van der Waals surface area contributed by atoms with E-state index in [1.165, 1.54) is 12.1 Å². The second-order valence-electron chi connectivity index (χ2n) is 20.0. The molecule has 0 spiro atoms. The summed E-state index contributed by atoms with van der Waals surface area (Å²) in [6, 6.07) is 70.5. The molecule has 0 aliphatic carbocycles. The van der Waals surface area contributed by atoms with Crippen molar-refractivity contribution in [2.24, 2.45) is 0 Å². The Balaban J connectivity index is 1.03. The van der Waals surface area contributed by atoms with Gasteiger partial charge in [0.1, 0.15) is 11.6 Å². The van der Waals surface area contributed by atoms with E-state index in [9.17, 15) is 5.26 Å². The lowest BCUT2D eigenvalue weighted by Gasteiger charge is -2.22. The molecular formula is C69H39F6N9. The summed E-state index contributed by atoms with van der Waals surface area (Å²) in [5, 5.41) is 14.3. The molecule has 0 amide bonds. The minimum atomic E-state index is -5.23. The summed E-state index contributed by atoms with van der Waals surface area (Å²) >= 11 is 0. The predicted octanol–water partition coefficient (Wildman–Crippen LogP) is 17.8. The zero-order valence-electron chi connectivity index (χ0n) is 43.8. The minimum absolute atomic E-state index is 0.0292. The van der Waals surface area contributed by atoms with Crippen LogP contribution in [0, 0.1) is 11.3 Å². The van der Waals surface area contributed by atoms with E-state index in [1.54, 1.807) is 57.7 Å². The maximum absolute atomic E-state index is 15.4. The minimum Gasteiger partial charge on any atom is -0.308 e. The van der Waals surface area contributed by atoms with Gasteiger partial charge in [0, 0.05) is 60.5 Å². The van der Waals surface area contributed by atoms with Crippen molar-refractivity contribution in [3.8, 4) is 96.9 Å². The van der Waals surface area contributed by atoms with E-state index in [4.69, 9.17) is 29.9 Å². The number of fused-ring (bicyclic) bond motifs is 6. The van der Waals surface area contributed by atoms with Gasteiger partial charge >= 0.3 is 12.4 Å². The molecule has 4 aromatic heterocycles. The lowest BCUT2D eigenvalue weighted by atomic mass is 9.91. The van der Waals surface area contributed by atoms with Crippen molar-refractivity contribution in [1.82, 2.24) is 39.0 Å². The molecule has 84 heavy (non-hydrogen) atoms. The van der Waals surface area contributed by atoms with Gasteiger partial charge in [-0.3, -0.25) is 0 Å². The first-order valence-corrected chi connectivity index (χ1v) is 26.6. The van der Waals surface area contributed by atoms with Crippen LogP contribution in [0.15, 0.2) is 237 Å². The monoisotopic (exact) mass is 1110 g/mol. The number of alkyl halides is 6. The molecule has 4 heterocycles. The van der Waals surface area contributed by atoms with E-state index in [1.807, 2.05) is 158 Å². The van der Waals surface area contributed by atoms with Gasteiger partial charge in [-0.25, -0.2) is 29.9 Å². The van der Waals surface area contributed by atoms with Crippen molar-refractivity contribution in [3.63, 3.8) is 0 Å². The summed E-state index contributed by atoms with van der Waals surface area (Å²) in [4.78, 5) is 29.5. The van der Waals surface area contributed by atoms with Crippen molar-refractivity contribution < 1.29 is 26.3 Å². The molecule has 402 valence electrons. The van der Waals surface area contributed by atoms with E-state index < -0.39 is 34.6 Å². The van der Waals surface area contributed by atoms with Crippen LogP contribution in [0.2, 0.25) is 0 Å². The first kappa shape index (κ1) is 51.1. The smallest absolute Gasteiger partial charge is 0.308 e. The normalized spacial score (nSPS) is 11.9. The van der Waals surface area contributed by atoms with E-state index in [2.05, 4.69) is 6.07 Å². The lowest BCUT2D eigenvalue weighted by Crippen LogP contribution is -2.15. The SMILES string of the molecule is N#Cc1c(-n2c3ccccc3c3cc(-c4nc(-c5ccccc5)nc(-c5ccccc5)n4)ccc32)cc(-c2c(C(F)(F)F)cccc2C(F)(F)F)cc1-n1c2ccccc2c2cc(-c3nc(-c4ccccc4)nc(-c4ccccc4)n3)ccc21. The second-order valence-corrected chi connectivity index (χ2v) is 20.0. The predicted molar refractivity (Wildman–Crippen MR) is 315 cm³/mol. The fraction of sp³-hybridized carbons (Fsp3) is 0.0290. The number of halogens is 6. The molecule has 0 N–H and O–H groups in total. The number of benzene rings is 10. The molecule has 0 saturated heterocycles. The van der Waals surface area contributed by atoms with Crippen molar-refractivity contribution in [1.29, 1.82) is 5.26 Å². The molecule has 15 heteroatoms. The number of para-hydroxylation sites is 2. The van der Waals surface area contributed by atoms with Crippen molar-refractivity contribution >= 4 is 43.6 Å². The van der Waals surface area contributed by atoms with Gasteiger partial charge in [-0.2, -0.15) is 31.6 Å². The van der Waals surface area contributed by atoms with Crippen LogP contribution in [-0.4, -0.2) is 39.0 Å². The van der Waals surface area contributed by atoms with Crippen LogP contribution in [0.3, 0.4) is 0 Å². The molecule has 0 saturated carbocycles. The highest BCUT2D eigenvalue weighted by molar-refractivity contribution is 6.12. The largest absolute Gasteiger partial charge is 0.417 e. The molecule has 10 aromatic carbocycles. The van der Waals surface area contributed by atoms with Crippen LogP contribution in [-0.2, 0) is 12.4 Å². The number of nitrogens with zero attached hydrogens (tertiary/aromatic N) is 9. The fourth-order valence-corrected chi connectivity index (χ4v) is 11.2. The molecule has 0 fully saturated rings. The van der Waals surface area contributed by atoms with Gasteiger partial charge in [0.2, 0.25) is 0 Å². The second kappa shape index (κ2) is 20.2. The van der Waals surface area contributed by atoms with Gasteiger partial charge in [-0.05, 0) is 78.4 Å². The van der Waals surface area contributed by atoms with Gasteiger partial charge in [0.15, 0.2) is 34.9 Å². The van der Waals surface area contributed by atoms with E-state index in [-0.39, 0.29) is 16.9 Å². The van der Waals surface area contributed by atoms with Crippen molar-refractivity contribution in [2.75, 3.05) is 0 Å². The molecule has 0 radical (unpaired) electrons. The average molecular weight is 1110 g/mol. The molecule has 0 aliphatic heterocycles. The summed E-state index contributed by atoms with van der Waals surface area (Å²) in [5.41, 5.74) is 1.77. The molecule has 9 nitrogen and oxygen atoms in total. The summed E-state index contributed by atoms with van der Waals surface area (Å²) in [6.45, 7) is 0. The van der Waals surface area contributed by atoms with Gasteiger partial charge in [0.05, 0.1) is 44.6 Å². The van der Waals surface area contributed by atoms with E-state index >= 15 is 26.3 Å². The summed E-state index contributed by atoms with van der Waals surface area (Å²) in [5.74, 6) is 2.44. The van der Waals surface area contributed by atoms with E-state index in [0.29, 0.717) is 102 Å². The quantitative estimate of drug-likeness (QED) is 0.132. The first-order valence-electron chi connectivity index (χ1n) is 26.6. The Morgan fingerprint density at radius 3 is 0.940 bits per heavy atom. The summed E-state index contributed by atoms with van der Waals surface area (Å²) in [7, 11) is 0. The molecule has 0 atom stereocenters. The number of hydrogen-bond acceptors (Lipinski definition) is 7. The van der Waals surface area contributed by atoms with Crippen molar-refractivity contribution in [2.45, 2.75) is 12.4 Å². The topological polar surface area (TPSA) is 111 Å². The summed E-state index contributed by atoms with van der Waals surface area (Å²) < 4.78 is 95.9. The number of nitriles is 1. The van der Waals surface area contributed by atoms with Crippen LogP contribution in [0.5, 0.6) is 0 Å². The van der Waals surface area contributed by atoms with Crippen molar-refractivity contribution in [3.05, 3.63) is 253 Å². The Labute approximate surface area is 474 Å². The third kappa shape index (κ3) is 8.93. The Bertz CT molecular complexity index is 4520. The third-order valence-corrected chi connectivity index (χ3v) is 14.9. The van der Waals surface area contributed by atoms with Crippen LogP contribution in [0.1, 0.15) is 16.7 Å². The van der Waals surface area contributed by atoms with Gasteiger partial charge in [0.25, 0.3) is 0 Å². The van der Waals surface area contributed by atoms with Crippen LogP contribution >= 0.6 is 0 Å². The lowest BCUT2D eigenvalue weighted by molar-refractivity contribution is -0.142. The van der Waals surface area contributed by atoms with Gasteiger partial charge < -0.3 is 9.13 Å². The number of aromatic nitrogens is 8. The Morgan fingerprint density at radius 1 is 0.298 bits per heavy atom. The Hall–Kier alpha value is -11.1. The highest BCUT2D eigenvalue weighted by Gasteiger charge is 2.41. The summed E-state index contributed by atoms with van der Waals surface area (Å²) in [6.07, 6.45) is -10.5. The molecule has 14 aromatic rings. The highest BCUT2D eigenvalue weighted by Crippen LogP contribution is 2.48.